The molecule has 0 saturated carbocycles. The number of aliphatic hydroxyl groups is 1. The van der Waals surface area contributed by atoms with Crippen molar-refractivity contribution < 1.29 is 14.0 Å². The first kappa shape index (κ1) is 9.72. The van der Waals surface area contributed by atoms with Crippen molar-refractivity contribution in [2.45, 2.75) is 13.0 Å². The maximum Gasteiger partial charge on any atom is 0.255 e. The summed E-state index contributed by atoms with van der Waals surface area (Å²) < 4.78 is 17.3. The Bertz CT molecular complexity index is 453. The van der Waals surface area contributed by atoms with Gasteiger partial charge in [-0.1, -0.05) is 5.16 Å². The van der Waals surface area contributed by atoms with Gasteiger partial charge in [0, 0.05) is 0 Å². The summed E-state index contributed by atoms with van der Waals surface area (Å²) in [6.45, 7) is 1.51. The molecule has 5 nitrogen and oxygen atoms in total. The second-order valence-corrected chi connectivity index (χ2v) is 2.99. The Morgan fingerprint density at radius 2 is 2.27 bits per heavy atom. The number of pyridine rings is 1. The van der Waals surface area contributed by atoms with Gasteiger partial charge in [-0.3, -0.25) is 0 Å². The molecule has 6 heteroatoms. The molecule has 0 aromatic carbocycles. The zero-order chi connectivity index (χ0) is 10.8. The highest BCUT2D eigenvalue weighted by Crippen LogP contribution is 2.16. The van der Waals surface area contributed by atoms with Crippen LogP contribution in [0.3, 0.4) is 0 Å². The maximum absolute atomic E-state index is 12.6. The van der Waals surface area contributed by atoms with Gasteiger partial charge in [0.1, 0.15) is 17.6 Å². The van der Waals surface area contributed by atoms with Crippen LogP contribution in [-0.4, -0.2) is 20.2 Å². The first-order valence-corrected chi connectivity index (χ1v) is 4.30. The van der Waals surface area contributed by atoms with E-state index >= 15 is 0 Å². The van der Waals surface area contributed by atoms with Crippen LogP contribution < -0.4 is 0 Å². The minimum absolute atomic E-state index is 0.108. The molecule has 2 rings (SSSR count). The molecule has 1 atom stereocenters. The van der Waals surface area contributed by atoms with Crippen LogP contribution >= 0.6 is 0 Å². The zero-order valence-corrected chi connectivity index (χ0v) is 7.88. The smallest absolute Gasteiger partial charge is 0.255 e. The van der Waals surface area contributed by atoms with Gasteiger partial charge in [-0.25, -0.2) is 9.37 Å². The van der Waals surface area contributed by atoms with E-state index in [9.17, 15) is 4.39 Å². The molecule has 0 aliphatic heterocycles. The first-order valence-electron chi connectivity index (χ1n) is 4.30. The Balaban J connectivity index is 2.33. The minimum Gasteiger partial charge on any atom is -0.384 e. The van der Waals surface area contributed by atoms with Gasteiger partial charge in [0.25, 0.3) is 5.89 Å². The second kappa shape index (κ2) is 3.74. The lowest BCUT2D eigenvalue weighted by Gasteiger charge is -1.93. The molecule has 0 aliphatic carbocycles. The molecule has 1 unspecified atom stereocenters. The summed E-state index contributed by atoms with van der Waals surface area (Å²) in [5.41, 5.74) is 0.395. The topological polar surface area (TPSA) is 72.0 Å². The van der Waals surface area contributed by atoms with Gasteiger partial charge < -0.3 is 9.63 Å². The fraction of sp³-hybridized carbons (Fsp3) is 0.222. The van der Waals surface area contributed by atoms with Crippen molar-refractivity contribution in [3.63, 3.8) is 0 Å². The second-order valence-electron chi connectivity index (χ2n) is 2.99. The third-order valence-electron chi connectivity index (χ3n) is 1.76. The van der Waals surface area contributed by atoms with E-state index in [0.717, 1.165) is 6.20 Å². The molecule has 0 fully saturated rings. The number of halogens is 1. The van der Waals surface area contributed by atoms with Crippen molar-refractivity contribution in [2.24, 2.45) is 0 Å². The van der Waals surface area contributed by atoms with E-state index in [1.54, 1.807) is 0 Å². The molecular formula is C9H8FN3O2. The van der Waals surface area contributed by atoms with E-state index in [-0.39, 0.29) is 11.7 Å². The van der Waals surface area contributed by atoms with E-state index in [1.165, 1.54) is 19.1 Å². The highest BCUT2D eigenvalue weighted by Gasteiger charge is 2.13. The summed E-state index contributed by atoms with van der Waals surface area (Å²) in [5.74, 6) is -0.0972. The van der Waals surface area contributed by atoms with Crippen LogP contribution in [0.5, 0.6) is 0 Å². The Hall–Kier alpha value is -1.82. The highest BCUT2D eigenvalue weighted by molar-refractivity contribution is 5.47. The number of aromatic nitrogens is 3. The van der Waals surface area contributed by atoms with E-state index in [4.69, 9.17) is 9.63 Å². The van der Waals surface area contributed by atoms with Crippen molar-refractivity contribution >= 4 is 0 Å². The Kier molecular flexibility index (Phi) is 2.42. The fourth-order valence-corrected chi connectivity index (χ4v) is 1.02. The van der Waals surface area contributed by atoms with E-state index in [2.05, 4.69) is 15.1 Å². The Morgan fingerprint density at radius 3 is 2.80 bits per heavy atom. The third-order valence-corrected chi connectivity index (χ3v) is 1.76. The number of nitrogens with zero attached hydrogens (tertiary/aromatic N) is 3. The minimum atomic E-state index is -0.827. The standard InChI is InChI=1S/C9H8FN3O2/c1-5(14)9-12-8(13-15-9)7-3-2-6(10)4-11-7/h2-5,14H,1H3. The lowest BCUT2D eigenvalue weighted by atomic mass is 10.3. The van der Waals surface area contributed by atoms with Gasteiger partial charge in [0.15, 0.2) is 0 Å². The summed E-state index contributed by atoms with van der Waals surface area (Å²) in [7, 11) is 0. The summed E-state index contributed by atoms with van der Waals surface area (Å²) >= 11 is 0. The van der Waals surface area contributed by atoms with Crippen molar-refractivity contribution in [1.29, 1.82) is 0 Å². The van der Waals surface area contributed by atoms with Crippen LogP contribution in [0.4, 0.5) is 4.39 Å². The van der Waals surface area contributed by atoms with Crippen LogP contribution in [-0.2, 0) is 0 Å². The molecule has 1 N–H and O–H groups in total. The van der Waals surface area contributed by atoms with Crippen LogP contribution in [0.15, 0.2) is 22.9 Å². The molecule has 0 bridgehead atoms. The normalized spacial score (nSPS) is 12.7. The summed E-state index contributed by atoms with van der Waals surface area (Å²) in [6, 6.07) is 2.69. The number of aliphatic hydroxyl groups excluding tert-OH is 1. The van der Waals surface area contributed by atoms with Crippen molar-refractivity contribution in [3.8, 4) is 11.5 Å². The Morgan fingerprint density at radius 1 is 1.47 bits per heavy atom. The van der Waals surface area contributed by atoms with Gasteiger partial charge in [0.2, 0.25) is 5.82 Å². The van der Waals surface area contributed by atoms with Gasteiger partial charge in [-0.2, -0.15) is 4.98 Å². The first-order chi connectivity index (χ1) is 7.16. The van der Waals surface area contributed by atoms with Crippen LogP contribution in [0.1, 0.15) is 18.9 Å². The molecule has 0 radical (unpaired) electrons. The molecule has 0 spiro atoms. The predicted octanol–water partition coefficient (Wildman–Crippen LogP) is 1.32. The molecule has 0 saturated heterocycles. The molecular weight excluding hydrogens is 201 g/mol. The van der Waals surface area contributed by atoms with Gasteiger partial charge in [-0.15, -0.1) is 0 Å². The predicted molar refractivity (Wildman–Crippen MR) is 48.1 cm³/mol. The fourth-order valence-electron chi connectivity index (χ4n) is 1.02. The molecule has 0 amide bonds. The van der Waals surface area contributed by atoms with Gasteiger partial charge in [0.05, 0.1) is 6.20 Å². The molecule has 2 heterocycles. The van der Waals surface area contributed by atoms with Crippen LogP contribution in [0, 0.1) is 5.82 Å². The lowest BCUT2D eigenvalue weighted by Crippen LogP contribution is -1.91. The molecule has 2 aromatic rings. The SMILES string of the molecule is CC(O)c1nc(-c2ccc(F)cn2)no1. The van der Waals surface area contributed by atoms with E-state index in [1.807, 2.05) is 0 Å². The highest BCUT2D eigenvalue weighted by atomic mass is 19.1. The number of hydrogen-bond acceptors (Lipinski definition) is 5. The molecule has 15 heavy (non-hydrogen) atoms. The molecule has 0 aliphatic rings. The monoisotopic (exact) mass is 209 g/mol. The number of rotatable bonds is 2. The van der Waals surface area contributed by atoms with Crippen molar-refractivity contribution in [1.82, 2.24) is 15.1 Å². The molecule has 2 aromatic heterocycles. The largest absolute Gasteiger partial charge is 0.384 e. The van der Waals surface area contributed by atoms with Crippen LogP contribution in [0.2, 0.25) is 0 Å². The average Bonchev–Trinajstić information content (AvgIpc) is 2.68. The summed E-state index contributed by atoms with van der Waals surface area (Å²) in [6.07, 6.45) is 0.236. The van der Waals surface area contributed by atoms with E-state index in [0.29, 0.717) is 5.69 Å². The maximum atomic E-state index is 12.6. The van der Waals surface area contributed by atoms with Crippen LogP contribution in [0.25, 0.3) is 11.5 Å². The molecule has 78 valence electrons. The van der Waals surface area contributed by atoms with Gasteiger partial charge >= 0.3 is 0 Å². The zero-order valence-electron chi connectivity index (χ0n) is 7.88. The summed E-state index contributed by atoms with van der Waals surface area (Å²) in [5, 5.41) is 12.8. The number of hydrogen-bond donors (Lipinski definition) is 1. The third kappa shape index (κ3) is 1.99. The van der Waals surface area contributed by atoms with Crippen molar-refractivity contribution in [2.75, 3.05) is 0 Å². The summed E-state index contributed by atoms with van der Waals surface area (Å²) in [4.78, 5) is 7.68. The quantitative estimate of drug-likeness (QED) is 0.807. The van der Waals surface area contributed by atoms with E-state index < -0.39 is 11.9 Å². The lowest BCUT2D eigenvalue weighted by molar-refractivity contribution is 0.152. The Labute approximate surface area is 84.6 Å². The average molecular weight is 209 g/mol. The van der Waals surface area contributed by atoms with Gasteiger partial charge in [-0.05, 0) is 19.1 Å². The van der Waals surface area contributed by atoms with Crippen molar-refractivity contribution in [3.05, 3.63) is 30.0 Å².